The minimum atomic E-state index is -0.906. The van der Waals surface area contributed by atoms with Crippen LogP contribution in [0.3, 0.4) is 0 Å². The third kappa shape index (κ3) is 4.83. The van der Waals surface area contributed by atoms with E-state index in [1.807, 2.05) is 19.1 Å². The molecule has 6 rings (SSSR count). The number of aromatic nitrogens is 3. The van der Waals surface area contributed by atoms with Gasteiger partial charge in [0.25, 0.3) is 0 Å². The third-order valence-electron chi connectivity index (χ3n) is 6.88. The van der Waals surface area contributed by atoms with Gasteiger partial charge in [-0.25, -0.2) is 9.97 Å². The van der Waals surface area contributed by atoms with Crippen molar-refractivity contribution in [3.63, 3.8) is 0 Å². The van der Waals surface area contributed by atoms with Gasteiger partial charge in [-0.2, -0.15) is 14.0 Å². The average molecular weight is 578 g/mol. The molecular weight excluding hydrogens is 558 g/mol. The molecule has 9 nitrogen and oxygen atoms in total. The zero-order valence-corrected chi connectivity index (χ0v) is 22.4. The van der Waals surface area contributed by atoms with Crippen LogP contribution in [-0.4, -0.2) is 33.8 Å². The monoisotopic (exact) mass is 577 g/mol. The zero-order chi connectivity index (χ0) is 28.0. The van der Waals surface area contributed by atoms with Crippen LogP contribution in [0.4, 0.5) is 25.8 Å². The van der Waals surface area contributed by atoms with Gasteiger partial charge in [0, 0.05) is 35.7 Å². The summed E-state index contributed by atoms with van der Waals surface area (Å²) in [6.45, 7) is 0. The van der Waals surface area contributed by atoms with E-state index in [1.165, 1.54) is 30.7 Å². The predicted octanol–water partition coefficient (Wildman–Crippen LogP) is 4.45. The summed E-state index contributed by atoms with van der Waals surface area (Å²) in [5.74, 6) is -1.40. The van der Waals surface area contributed by atoms with Crippen molar-refractivity contribution in [2.24, 2.45) is 0 Å². The summed E-state index contributed by atoms with van der Waals surface area (Å²) in [4.78, 5) is 11.9. The van der Waals surface area contributed by atoms with Crippen molar-refractivity contribution < 1.29 is 8.78 Å². The topological polar surface area (TPSA) is 114 Å². The number of rotatable bonds is 7. The van der Waals surface area contributed by atoms with Gasteiger partial charge in [0.2, 0.25) is 11.9 Å². The highest BCUT2D eigenvalue weighted by Crippen LogP contribution is 2.39. The minimum absolute atomic E-state index is 0.169. The molecule has 1 aliphatic heterocycles. The van der Waals surface area contributed by atoms with E-state index in [1.54, 1.807) is 18.2 Å². The van der Waals surface area contributed by atoms with Crippen LogP contribution in [0.5, 0.6) is 0 Å². The first-order valence-electron chi connectivity index (χ1n) is 12.3. The molecule has 1 aromatic carbocycles. The number of anilines is 3. The van der Waals surface area contributed by atoms with E-state index in [2.05, 4.69) is 42.6 Å². The largest absolute Gasteiger partial charge is 0.378 e. The Morgan fingerprint density at radius 2 is 1.85 bits per heavy atom. The Morgan fingerprint density at radius 3 is 2.55 bits per heavy atom. The highest BCUT2D eigenvalue weighted by molar-refractivity contribution is 6.36. The molecule has 2 aliphatic rings. The highest BCUT2D eigenvalue weighted by atomic mass is 35.5. The summed E-state index contributed by atoms with van der Waals surface area (Å²) in [5, 5.41) is 19.2. The molecule has 4 N–H and O–H groups in total. The predicted molar refractivity (Wildman–Crippen MR) is 151 cm³/mol. The molecule has 40 heavy (non-hydrogen) atoms. The SMILES string of the molecule is BC(Nc1cc(Cl)c2ncc(C#N)c(Nc3cnc(F)c(Cl)c3)c2c1)(C1=CN(C2CC2)NN1)c1ccc(F)nc1. The van der Waals surface area contributed by atoms with E-state index in [9.17, 15) is 14.0 Å². The number of hydrogen-bond donors (Lipinski definition) is 4. The summed E-state index contributed by atoms with van der Waals surface area (Å²) in [5.41, 5.74) is 9.00. The smallest absolute Gasteiger partial charge is 0.231 e. The lowest BCUT2D eigenvalue weighted by Gasteiger charge is -2.33. The van der Waals surface area contributed by atoms with Crippen LogP contribution < -0.4 is 21.6 Å². The standard InChI is InChI=1S/C26H20BCl2F2N9/c27-26(14-1-4-22(30)33-10-14,21-12-40(39-38-21)17-2-3-17)37-15-5-18-23(36-16-7-20(29)25(31)35-11-16)13(8-32)9-34-24(18)19(28)6-15/h1,4-7,9-12,17,37-39H,2-3,27H2,(H,34,36). The van der Waals surface area contributed by atoms with Crippen molar-refractivity contribution in [2.75, 3.05) is 10.6 Å². The number of halogens is 4. The summed E-state index contributed by atoms with van der Waals surface area (Å²) in [6, 6.07) is 10.4. The Morgan fingerprint density at radius 1 is 1.05 bits per heavy atom. The summed E-state index contributed by atoms with van der Waals surface area (Å²) < 4.78 is 27.4. The fourth-order valence-electron chi connectivity index (χ4n) is 4.57. The van der Waals surface area contributed by atoms with Gasteiger partial charge in [0.05, 0.1) is 49.8 Å². The van der Waals surface area contributed by atoms with E-state index < -0.39 is 17.3 Å². The molecule has 1 atom stereocenters. The van der Waals surface area contributed by atoms with Crippen molar-refractivity contribution in [3.05, 3.63) is 93.9 Å². The lowest BCUT2D eigenvalue weighted by Crippen LogP contribution is -2.45. The Bertz CT molecular complexity index is 1710. The summed E-state index contributed by atoms with van der Waals surface area (Å²) in [6.07, 6.45) is 8.29. The average Bonchev–Trinajstić information content (AvgIpc) is 3.67. The molecule has 4 heterocycles. The maximum Gasteiger partial charge on any atom is 0.231 e. The first-order valence-corrected chi connectivity index (χ1v) is 13.0. The molecule has 1 aliphatic carbocycles. The number of hydrazine groups is 2. The molecule has 0 amide bonds. The van der Waals surface area contributed by atoms with E-state index in [-0.39, 0.29) is 10.6 Å². The number of pyridine rings is 3. The Hall–Kier alpha value is -4.18. The van der Waals surface area contributed by atoms with Crippen LogP contribution in [-0.2, 0) is 5.44 Å². The van der Waals surface area contributed by atoms with Crippen molar-refractivity contribution >= 4 is 59.0 Å². The molecule has 1 unspecified atom stereocenters. The summed E-state index contributed by atoms with van der Waals surface area (Å²) >= 11 is 12.6. The maximum absolute atomic E-state index is 13.8. The molecule has 0 spiro atoms. The van der Waals surface area contributed by atoms with Gasteiger partial charge in [-0.1, -0.05) is 29.3 Å². The van der Waals surface area contributed by atoms with E-state index >= 15 is 0 Å². The van der Waals surface area contributed by atoms with Crippen molar-refractivity contribution in [1.29, 1.82) is 5.26 Å². The fourth-order valence-corrected chi connectivity index (χ4v) is 5.01. The lowest BCUT2D eigenvalue weighted by molar-refractivity contribution is 0.260. The second kappa shape index (κ2) is 10.1. The van der Waals surface area contributed by atoms with Crippen LogP contribution in [0.15, 0.2) is 60.8 Å². The van der Waals surface area contributed by atoms with Gasteiger partial charge in [-0.15, -0.1) is 5.53 Å². The Labute approximate surface area is 238 Å². The quantitative estimate of drug-likeness (QED) is 0.187. The second-order valence-electron chi connectivity index (χ2n) is 9.67. The molecule has 200 valence electrons. The number of nitrogens with zero attached hydrogens (tertiary/aromatic N) is 5. The molecular formula is C26H20BCl2F2N9. The van der Waals surface area contributed by atoms with Gasteiger partial charge in [0.1, 0.15) is 13.9 Å². The molecule has 0 saturated heterocycles. The molecule has 0 radical (unpaired) electrons. The van der Waals surface area contributed by atoms with Crippen molar-refractivity contribution in [2.45, 2.75) is 24.3 Å². The molecule has 1 fully saturated rings. The number of nitrogens with one attached hydrogen (secondary N) is 4. The molecule has 4 aromatic rings. The normalized spacial score (nSPS) is 16.2. The molecule has 1 saturated carbocycles. The number of benzene rings is 1. The van der Waals surface area contributed by atoms with Crippen molar-refractivity contribution in [3.8, 4) is 6.07 Å². The van der Waals surface area contributed by atoms with Gasteiger partial charge in [-0.3, -0.25) is 9.99 Å². The van der Waals surface area contributed by atoms with Crippen LogP contribution in [0.2, 0.25) is 10.0 Å². The number of fused-ring (bicyclic) bond motifs is 1. The number of hydrogen-bond acceptors (Lipinski definition) is 9. The Balaban J connectivity index is 1.45. The van der Waals surface area contributed by atoms with E-state index in [4.69, 9.17) is 23.2 Å². The van der Waals surface area contributed by atoms with E-state index in [0.717, 1.165) is 18.5 Å². The van der Waals surface area contributed by atoms with Gasteiger partial charge >= 0.3 is 0 Å². The molecule has 3 aromatic heterocycles. The van der Waals surface area contributed by atoms with Gasteiger partial charge < -0.3 is 16.1 Å². The minimum Gasteiger partial charge on any atom is -0.378 e. The first-order chi connectivity index (χ1) is 19.2. The van der Waals surface area contributed by atoms with Crippen LogP contribution >= 0.6 is 23.2 Å². The van der Waals surface area contributed by atoms with Crippen molar-refractivity contribution in [1.82, 2.24) is 30.9 Å². The second-order valence-corrected chi connectivity index (χ2v) is 10.5. The van der Waals surface area contributed by atoms with Crippen LogP contribution in [0.25, 0.3) is 10.9 Å². The first kappa shape index (κ1) is 26.1. The van der Waals surface area contributed by atoms with E-state index in [0.29, 0.717) is 44.6 Å². The molecule has 0 bridgehead atoms. The van der Waals surface area contributed by atoms with Crippen LogP contribution in [0, 0.1) is 23.2 Å². The fraction of sp³-hybridized carbons (Fsp3) is 0.154. The van der Waals surface area contributed by atoms with Gasteiger partial charge in [0.15, 0.2) is 0 Å². The molecule has 14 heteroatoms. The third-order valence-corrected chi connectivity index (χ3v) is 7.43. The Kier molecular flexibility index (Phi) is 6.58. The highest BCUT2D eigenvalue weighted by Gasteiger charge is 2.38. The summed E-state index contributed by atoms with van der Waals surface area (Å²) in [7, 11) is 1.94. The number of nitriles is 1. The van der Waals surface area contributed by atoms with Crippen LogP contribution in [0.1, 0.15) is 24.0 Å². The lowest BCUT2D eigenvalue weighted by atomic mass is 9.70. The van der Waals surface area contributed by atoms with Gasteiger partial charge in [-0.05, 0) is 42.7 Å². The maximum atomic E-state index is 13.8. The zero-order valence-electron chi connectivity index (χ0n) is 20.9.